The number of thiophene rings is 1. The quantitative estimate of drug-likeness (QED) is 0.414. The molecule has 2 nitrogen and oxygen atoms in total. The molecule has 0 saturated heterocycles. The third-order valence-electron chi connectivity index (χ3n) is 4.35. The Labute approximate surface area is 157 Å². The number of rotatable bonds is 11. The van der Waals surface area contributed by atoms with Crippen molar-refractivity contribution in [2.24, 2.45) is 0 Å². The van der Waals surface area contributed by atoms with Crippen molar-refractivity contribution in [1.82, 2.24) is 0 Å². The minimum atomic E-state index is 0.793. The first-order valence-electron chi connectivity index (χ1n) is 9.51. The lowest BCUT2D eigenvalue weighted by molar-refractivity contribution is 0.304. The Hall–Kier alpha value is -1.74. The van der Waals surface area contributed by atoms with Crippen molar-refractivity contribution in [3.05, 3.63) is 46.2 Å². The summed E-state index contributed by atoms with van der Waals surface area (Å²) in [7, 11) is 0. The average molecular weight is 358 g/mol. The standard InChI is InChI=1S/C22H31NOS/c1-4-7-8-9-16-24-22-18-20(23(5-2)6-3)14-12-19(22)13-15-21-11-10-17-25-21/h10-15,17-18H,4-9,16H2,1-3H3. The van der Waals surface area contributed by atoms with Crippen molar-refractivity contribution >= 4 is 29.2 Å². The lowest BCUT2D eigenvalue weighted by Crippen LogP contribution is -2.21. The Kier molecular flexibility index (Phi) is 8.61. The van der Waals surface area contributed by atoms with Crippen LogP contribution in [0.3, 0.4) is 0 Å². The molecule has 1 aromatic carbocycles. The van der Waals surface area contributed by atoms with E-state index < -0.39 is 0 Å². The fourth-order valence-electron chi connectivity index (χ4n) is 2.84. The molecule has 0 bridgehead atoms. The molecule has 3 heteroatoms. The second kappa shape index (κ2) is 11.0. The van der Waals surface area contributed by atoms with Crippen LogP contribution in [0.5, 0.6) is 5.75 Å². The predicted molar refractivity (Wildman–Crippen MR) is 113 cm³/mol. The fourth-order valence-corrected chi connectivity index (χ4v) is 3.46. The third kappa shape index (κ3) is 6.24. The van der Waals surface area contributed by atoms with Crippen molar-refractivity contribution < 1.29 is 4.74 Å². The number of hydrogen-bond donors (Lipinski definition) is 0. The minimum absolute atomic E-state index is 0.793. The normalized spacial score (nSPS) is 11.2. The van der Waals surface area contributed by atoms with Gasteiger partial charge in [-0.05, 0) is 56.0 Å². The highest BCUT2D eigenvalue weighted by atomic mass is 32.1. The second-order valence-corrected chi connectivity index (χ2v) is 7.13. The summed E-state index contributed by atoms with van der Waals surface area (Å²) in [6, 6.07) is 10.8. The minimum Gasteiger partial charge on any atom is -0.493 e. The molecule has 0 aliphatic rings. The Morgan fingerprint density at radius 1 is 1.00 bits per heavy atom. The number of nitrogens with zero attached hydrogens (tertiary/aromatic N) is 1. The predicted octanol–water partition coefficient (Wildman–Crippen LogP) is 6.72. The Morgan fingerprint density at radius 3 is 2.52 bits per heavy atom. The van der Waals surface area contributed by atoms with Crippen LogP contribution >= 0.6 is 11.3 Å². The number of ether oxygens (including phenoxy) is 1. The van der Waals surface area contributed by atoms with Gasteiger partial charge in [-0.2, -0.15) is 0 Å². The molecule has 1 heterocycles. The van der Waals surface area contributed by atoms with Gasteiger partial charge in [-0.25, -0.2) is 0 Å². The van der Waals surface area contributed by atoms with Gasteiger partial charge in [0.15, 0.2) is 0 Å². The number of benzene rings is 1. The lowest BCUT2D eigenvalue weighted by Gasteiger charge is -2.22. The van der Waals surface area contributed by atoms with Gasteiger partial charge in [0, 0.05) is 35.3 Å². The molecule has 0 saturated carbocycles. The zero-order chi connectivity index (χ0) is 17.9. The number of unbranched alkanes of at least 4 members (excludes halogenated alkanes) is 3. The van der Waals surface area contributed by atoms with Crippen molar-refractivity contribution in [3.8, 4) is 5.75 Å². The summed E-state index contributed by atoms with van der Waals surface area (Å²) in [5.41, 5.74) is 2.39. The Morgan fingerprint density at radius 2 is 1.84 bits per heavy atom. The largest absolute Gasteiger partial charge is 0.493 e. The highest BCUT2D eigenvalue weighted by Crippen LogP contribution is 2.28. The van der Waals surface area contributed by atoms with Crippen LogP contribution in [-0.2, 0) is 0 Å². The maximum absolute atomic E-state index is 6.16. The van der Waals surface area contributed by atoms with E-state index in [1.165, 1.54) is 29.8 Å². The van der Waals surface area contributed by atoms with Gasteiger partial charge < -0.3 is 9.64 Å². The van der Waals surface area contributed by atoms with E-state index in [1.807, 2.05) is 0 Å². The molecule has 0 radical (unpaired) electrons. The first-order chi connectivity index (χ1) is 12.3. The molecule has 136 valence electrons. The van der Waals surface area contributed by atoms with E-state index in [1.54, 1.807) is 11.3 Å². The molecule has 0 N–H and O–H groups in total. The van der Waals surface area contributed by atoms with Crippen LogP contribution in [-0.4, -0.2) is 19.7 Å². The molecule has 0 unspecified atom stereocenters. The van der Waals surface area contributed by atoms with Crippen molar-refractivity contribution in [3.63, 3.8) is 0 Å². The fraction of sp³-hybridized carbons (Fsp3) is 0.455. The van der Waals surface area contributed by atoms with E-state index >= 15 is 0 Å². The number of hydrogen-bond acceptors (Lipinski definition) is 3. The van der Waals surface area contributed by atoms with E-state index in [4.69, 9.17) is 4.74 Å². The monoisotopic (exact) mass is 357 g/mol. The first-order valence-corrected chi connectivity index (χ1v) is 10.4. The average Bonchev–Trinajstić information content (AvgIpc) is 3.15. The second-order valence-electron chi connectivity index (χ2n) is 6.15. The van der Waals surface area contributed by atoms with Crippen LogP contribution in [0.4, 0.5) is 5.69 Å². The molecule has 2 rings (SSSR count). The molecule has 25 heavy (non-hydrogen) atoms. The topological polar surface area (TPSA) is 12.5 Å². The maximum Gasteiger partial charge on any atom is 0.128 e. The van der Waals surface area contributed by atoms with Crippen LogP contribution in [0.25, 0.3) is 12.2 Å². The van der Waals surface area contributed by atoms with Crippen LogP contribution in [0, 0.1) is 0 Å². The maximum atomic E-state index is 6.16. The zero-order valence-electron chi connectivity index (χ0n) is 15.8. The van der Waals surface area contributed by atoms with Crippen LogP contribution in [0.1, 0.15) is 56.9 Å². The highest BCUT2D eigenvalue weighted by molar-refractivity contribution is 7.10. The molecule has 2 aromatic rings. The molecule has 1 aromatic heterocycles. The summed E-state index contributed by atoms with van der Waals surface area (Å²) in [6.07, 6.45) is 9.24. The summed E-state index contributed by atoms with van der Waals surface area (Å²) >= 11 is 1.75. The molecule has 0 aliphatic carbocycles. The summed E-state index contributed by atoms with van der Waals surface area (Å²) in [6.45, 7) is 9.44. The molecule has 0 amide bonds. The summed E-state index contributed by atoms with van der Waals surface area (Å²) in [5.74, 6) is 0.994. The Balaban J connectivity index is 2.14. The summed E-state index contributed by atoms with van der Waals surface area (Å²) in [4.78, 5) is 3.62. The van der Waals surface area contributed by atoms with Crippen LogP contribution in [0.15, 0.2) is 35.7 Å². The molecule has 0 fully saturated rings. The highest BCUT2D eigenvalue weighted by Gasteiger charge is 2.07. The van der Waals surface area contributed by atoms with E-state index in [2.05, 4.69) is 73.5 Å². The van der Waals surface area contributed by atoms with Gasteiger partial charge in [-0.1, -0.05) is 32.3 Å². The zero-order valence-corrected chi connectivity index (χ0v) is 16.6. The van der Waals surface area contributed by atoms with Gasteiger partial charge >= 0.3 is 0 Å². The van der Waals surface area contributed by atoms with Gasteiger partial charge in [0.2, 0.25) is 0 Å². The van der Waals surface area contributed by atoms with Gasteiger partial charge in [0.05, 0.1) is 6.61 Å². The number of anilines is 1. The van der Waals surface area contributed by atoms with Crippen LogP contribution in [0.2, 0.25) is 0 Å². The van der Waals surface area contributed by atoms with Crippen molar-refractivity contribution in [2.75, 3.05) is 24.6 Å². The van der Waals surface area contributed by atoms with Gasteiger partial charge in [-0.15, -0.1) is 11.3 Å². The van der Waals surface area contributed by atoms with E-state index in [-0.39, 0.29) is 0 Å². The van der Waals surface area contributed by atoms with Gasteiger partial charge in [0.25, 0.3) is 0 Å². The van der Waals surface area contributed by atoms with Crippen molar-refractivity contribution in [2.45, 2.75) is 46.5 Å². The first kappa shape index (κ1) is 19.6. The molecular formula is C22H31NOS. The van der Waals surface area contributed by atoms with Gasteiger partial charge in [0.1, 0.15) is 5.75 Å². The van der Waals surface area contributed by atoms with Gasteiger partial charge in [-0.3, -0.25) is 0 Å². The summed E-state index contributed by atoms with van der Waals surface area (Å²) in [5, 5.41) is 2.11. The van der Waals surface area contributed by atoms with Crippen LogP contribution < -0.4 is 9.64 Å². The molecule has 0 atom stereocenters. The van der Waals surface area contributed by atoms with E-state index in [0.29, 0.717) is 0 Å². The molecule has 0 aliphatic heterocycles. The van der Waals surface area contributed by atoms with E-state index in [9.17, 15) is 0 Å². The smallest absolute Gasteiger partial charge is 0.128 e. The lowest BCUT2D eigenvalue weighted by atomic mass is 10.1. The summed E-state index contributed by atoms with van der Waals surface area (Å²) < 4.78 is 6.16. The molecular weight excluding hydrogens is 326 g/mol. The third-order valence-corrected chi connectivity index (χ3v) is 5.19. The SMILES string of the molecule is CCCCCCOc1cc(N(CC)CC)ccc1C=Cc1cccs1. The Bertz CT molecular complexity index is 629. The van der Waals surface area contributed by atoms with Crippen molar-refractivity contribution in [1.29, 1.82) is 0 Å². The van der Waals surface area contributed by atoms with E-state index in [0.717, 1.165) is 37.4 Å². The molecule has 0 spiro atoms.